The Bertz CT molecular complexity index is 308. The maximum Gasteiger partial charge on any atom is 0.221 e. The molecule has 0 bridgehead atoms. The van der Waals surface area contributed by atoms with Gasteiger partial charge in [-0.05, 0) is 24.1 Å². The fourth-order valence-electron chi connectivity index (χ4n) is 1.25. The number of nitrogen functional groups attached to an aromatic ring is 1. The van der Waals surface area contributed by atoms with Crippen LogP contribution in [0, 0.1) is 0 Å². The molecule has 15 heavy (non-hydrogen) atoms. The Kier molecular flexibility index (Phi) is 4.63. The highest BCUT2D eigenvalue weighted by atomic mass is 16.1. The van der Waals surface area contributed by atoms with E-state index in [0.29, 0.717) is 19.5 Å². The average molecular weight is 207 g/mol. The minimum atomic E-state index is 0.00736. The first-order valence-electron chi connectivity index (χ1n) is 5.03. The van der Waals surface area contributed by atoms with E-state index in [1.165, 1.54) is 0 Å². The summed E-state index contributed by atoms with van der Waals surface area (Å²) >= 11 is 0. The van der Waals surface area contributed by atoms with Crippen LogP contribution in [0.4, 0.5) is 5.69 Å². The lowest BCUT2D eigenvalue weighted by molar-refractivity contribution is -0.120. The van der Waals surface area contributed by atoms with Crippen molar-refractivity contribution in [3.63, 3.8) is 0 Å². The summed E-state index contributed by atoms with van der Waals surface area (Å²) in [7, 11) is 0. The standard InChI is InChI=1S/C11H17N3O/c12-7-5-11(15)14-8-6-9-1-3-10(13)4-2-9/h1-4H,5-8,12-13H2,(H,14,15). The number of hydrogen-bond donors (Lipinski definition) is 3. The lowest BCUT2D eigenvalue weighted by Crippen LogP contribution is -2.27. The molecule has 0 fully saturated rings. The van der Waals surface area contributed by atoms with Crippen molar-refractivity contribution in [3.8, 4) is 0 Å². The van der Waals surface area contributed by atoms with Crippen LogP contribution >= 0.6 is 0 Å². The number of nitrogens with one attached hydrogen (secondary N) is 1. The molecule has 0 saturated heterocycles. The Morgan fingerprint density at radius 2 is 1.93 bits per heavy atom. The minimum Gasteiger partial charge on any atom is -0.399 e. The highest BCUT2D eigenvalue weighted by molar-refractivity contribution is 5.75. The van der Waals surface area contributed by atoms with Gasteiger partial charge in [-0.25, -0.2) is 0 Å². The van der Waals surface area contributed by atoms with Crippen molar-refractivity contribution in [1.29, 1.82) is 0 Å². The van der Waals surface area contributed by atoms with Crippen LogP contribution < -0.4 is 16.8 Å². The van der Waals surface area contributed by atoms with Crippen molar-refractivity contribution in [1.82, 2.24) is 5.32 Å². The summed E-state index contributed by atoms with van der Waals surface area (Å²) in [6.45, 7) is 1.04. The number of benzene rings is 1. The topological polar surface area (TPSA) is 81.1 Å². The molecule has 82 valence electrons. The number of amides is 1. The van der Waals surface area contributed by atoms with Crippen LogP contribution in [0.5, 0.6) is 0 Å². The van der Waals surface area contributed by atoms with Gasteiger partial charge in [0.05, 0.1) is 0 Å². The van der Waals surface area contributed by atoms with Crippen LogP contribution in [-0.4, -0.2) is 19.0 Å². The van der Waals surface area contributed by atoms with Crippen molar-refractivity contribution in [2.45, 2.75) is 12.8 Å². The van der Waals surface area contributed by atoms with E-state index < -0.39 is 0 Å². The molecule has 0 aliphatic rings. The summed E-state index contributed by atoms with van der Waals surface area (Å²) in [5.74, 6) is 0.00736. The summed E-state index contributed by atoms with van der Waals surface area (Å²) in [6.07, 6.45) is 1.21. The molecular formula is C11H17N3O. The summed E-state index contributed by atoms with van der Waals surface area (Å²) in [5, 5.41) is 2.80. The first-order chi connectivity index (χ1) is 7.22. The molecule has 0 spiro atoms. The largest absolute Gasteiger partial charge is 0.399 e. The molecule has 1 amide bonds. The number of carbonyl (C=O) groups is 1. The molecule has 4 heteroatoms. The lowest BCUT2D eigenvalue weighted by Gasteiger charge is -2.04. The third kappa shape index (κ3) is 4.46. The number of hydrogen-bond acceptors (Lipinski definition) is 3. The zero-order valence-corrected chi connectivity index (χ0v) is 8.70. The molecule has 0 heterocycles. The monoisotopic (exact) mass is 207 g/mol. The van der Waals surface area contributed by atoms with Gasteiger partial charge in [-0.15, -0.1) is 0 Å². The van der Waals surface area contributed by atoms with Gasteiger partial charge in [0, 0.05) is 25.2 Å². The molecule has 5 N–H and O–H groups in total. The first kappa shape index (κ1) is 11.5. The molecule has 0 radical (unpaired) electrons. The van der Waals surface area contributed by atoms with Crippen LogP contribution in [0.3, 0.4) is 0 Å². The van der Waals surface area contributed by atoms with Gasteiger partial charge in [-0.1, -0.05) is 12.1 Å². The van der Waals surface area contributed by atoms with Crippen molar-refractivity contribution >= 4 is 11.6 Å². The highest BCUT2D eigenvalue weighted by Gasteiger charge is 1.98. The molecule has 0 aliphatic carbocycles. The van der Waals surface area contributed by atoms with Gasteiger partial charge in [0.15, 0.2) is 0 Å². The second kappa shape index (κ2) is 6.03. The van der Waals surface area contributed by atoms with Gasteiger partial charge < -0.3 is 16.8 Å². The summed E-state index contributed by atoms with van der Waals surface area (Å²) in [4.78, 5) is 11.1. The Hall–Kier alpha value is -1.55. The van der Waals surface area contributed by atoms with Crippen LogP contribution in [0.2, 0.25) is 0 Å². The van der Waals surface area contributed by atoms with Crippen LogP contribution in [0.25, 0.3) is 0 Å². The fraction of sp³-hybridized carbons (Fsp3) is 0.364. The van der Waals surface area contributed by atoms with E-state index in [1.807, 2.05) is 24.3 Å². The zero-order valence-electron chi connectivity index (χ0n) is 8.70. The molecule has 0 atom stereocenters. The highest BCUT2D eigenvalue weighted by Crippen LogP contribution is 2.05. The molecule has 0 saturated carbocycles. The molecule has 0 aromatic heterocycles. The third-order valence-corrected chi connectivity index (χ3v) is 2.09. The van der Waals surface area contributed by atoms with E-state index >= 15 is 0 Å². The predicted molar refractivity (Wildman–Crippen MR) is 61.2 cm³/mol. The van der Waals surface area contributed by atoms with E-state index in [0.717, 1.165) is 17.7 Å². The van der Waals surface area contributed by atoms with E-state index in [9.17, 15) is 4.79 Å². The molecule has 4 nitrogen and oxygen atoms in total. The van der Waals surface area contributed by atoms with Gasteiger partial charge >= 0.3 is 0 Å². The SMILES string of the molecule is NCCC(=O)NCCc1ccc(N)cc1. The van der Waals surface area contributed by atoms with E-state index in [4.69, 9.17) is 11.5 Å². The molecule has 1 aromatic rings. The van der Waals surface area contributed by atoms with Crippen LogP contribution in [0.15, 0.2) is 24.3 Å². The van der Waals surface area contributed by atoms with Gasteiger partial charge in [-0.3, -0.25) is 4.79 Å². The van der Waals surface area contributed by atoms with Crippen molar-refractivity contribution < 1.29 is 4.79 Å². The predicted octanol–water partition coefficient (Wildman–Crippen LogP) is 0.276. The van der Waals surface area contributed by atoms with Crippen molar-refractivity contribution in [2.24, 2.45) is 5.73 Å². The molecule has 1 aromatic carbocycles. The lowest BCUT2D eigenvalue weighted by atomic mass is 10.1. The molecular weight excluding hydrogens is 190 g/mol. The van der Waals surface area contributed by atoms with Crippen LogP contribution in [0.1, 0.15) is 12.0 Å². The van der Waals surface area contributed by atoms with Gasteiger partial charge in [-0.2, -0.15) is 0 Å². The van der Waals surface area contributed by atoms with E-state index in [-0.39, 0.29) is 5.91 Å². The van der Waals surface area contributed by atoms with Crippen LogP contribution in [-0.2, 0) is 11.2 Å². The molecule has 0 aliphatic heterocycles. The number of nitrogens with two attached hydrogens (primary N) is 2. The Labute approximate surface area is 89.6 Å². The van der Waals surface area contributed by atoms with Crippen molar-refractivity contribution in [3.05, 3.63) is 29.8 Å². The fourth-order valence-corrected chi connectivity index (χ4v) is 1.25. The number of anilines is 1. The quantitative estimate of drug-likeness (QED) is 0.606. The molecule has 0 unspecified atom stereocenters. The Morgan fingerprint density at radius 3 is 2.53 bits per heavy atom. The normalized spacial score (nSPS) is 9.93. The Balaban J connectivity index is 2.26. The van der Waals surface area contributed by atoms with E-state index in [1.54, 1.807) is 0 Å². The first-order valence-corrected chi connectivity index (χ1v) is 5.03. The van der Waals surface area contributed by atoms with Gasteiger partial charge in [0.25, 0.3) is 0 Å². The van der Waals surface area contributed by atoms with Gasteiger partial charge in [0.1, 0.15) is 0 Å². The van der Waals surface area contributed by atoms with Crippen molar-refractivity contribution in [2.75, 3.05) is 18.8 Å². The second-order valence-corrected chi connectivity index (χ2v) is 3.38. The maximum absolute atomic E-state index is 11.1. The minimum absolute atomic E-state index is 0.00736. The zero-order chi connectivity index (χ0) is 11.1. The molecule has 1 rings (SSSR count). The number of rotatable bonds is 5. The Morgan fingerprint density at radius 1 is 1.27 bits per heavy atom. The van der Waals surface area contributed by atoms with Gasteiger partial charge in [0.2, 0.25) is 5.91 Å². The second-order valence-electron chi connectivity index (χ2n) is 3.38. The maximum atomic E-state index is 11.1. The smallest absolute Gasteiger partial charge is 0.221 e. The average Bonchev–Trinajstić information content (AvgIpc) is 2.21. The summed E-state index contributed by atoms with van der Waals surface area (Å²) in [6, 6.07) is 7.64. The summed E-state index contributed by atoms with van der Waals surface area (Å²) in [5.41, 5.74) is 12.7. The summed E-state index contributed by atoms with van der Waals surface area (Å²) < 4.78 is 0. The third-order valence-electron chi connectivity index (χ3n) is 2.09. The number of carbonyl (C=O) groups excluding carboxylic acids is 1. The van der Waals surface area contributed by atoms with E-state index in [2.05, 4.69) is 5.32 Å².